The van der Waals surface area contributed by atoms with Gasteiger partial charge in [-0.05, 0) is 25.7 Å². The van der Waals surface area contributed by atoms with Crippen LogP contribution >= 0.6 is 0 Å². The van der Waals surface area contributed by atoms with Crippen LogP contribution in [0, 0.1) is 5.92 Å². The van der Waals surface area contributed by atoms with E-state index < -0.39 is 12.2 Å². The first-order valence-corrected chi connectivity index (χ1v) is 9.20. The predicted octanol–water partition coefficient (Wildman–Crippen LogP) is 0.804. The van der Waals surface area contributed by atoms with Crippen LogP contribution in [-0.2, 0) is 9.59 Å². The number of amides is 2. The molecule has 10 nitrogen and oxygen atoms in total. The molecular formula is C17H33N5O5. The van der Waals surface area contributed by atoms with Gasteiger partial charge in [0.15, 0.2) is 5.96 Å². The largest absolute Gasteiger partial charge is 0.503 e. The number of aliphatic imine (C=N–C) groups is 1. The molecule has 0 aromatic heterocycles. The first kappa shape index (κ1) is 24.5. The number of hydrogen-bond acceptors (Lipinski definition) is 4. The molecule has 0 bridgehead atoms. The quantitative estimate of drug-likeness (QED) is 0.303. The van der Waals surface area contributed by atoms with Gasteiger partial charge in [0.25, 0.3) is 0 Å². The van der Waals surface area contributed by atoms with E-state index in [0.717, 1.165) is 32.1 Å². The molecule has 3 atom stereocenters. The number of carbonyl (C=O) groups excluding carboxylic acids is 2. The van der Waals surface area contributed by atoms with Gasteiger partial charge in [-0.2, -0.15) is 0 Å². The zero-order valence-corrected chi connectivity index (χ0v) is 16.4. The van der Waals surface area contributed by atoms with E-state index in [1.165, 1.54) is 6.92 Å². The van der Waals surface area contributed by atoms with E-state index in [2.05, 4.69) is 10.3 Å². The molecule has 1 unspecified atom stereocenters. The Morgan fingerprint density at radius 1 is 1.15 bits per heavy atom. The van der Waals surface area contributed by atoms with E-state index in [9.17, 15) is 9.59 Å². The molecule has 0 aromatic carbocycles. The highest BCUT2D eigenvalue weighted by Gasteiger charge is 2.39. The standard InChI is InChI=1S/C16H31N5O2.CH2O3/c1-4-9-21(10-5-2)15(23)14(19-11(3)22)12-7-6-8-13(12)20-16(17)18;2-1(3)4/h12-14H,4-10H2,1-3H3,(H,19,22)(H4,17,18,20);(H2,2,3,4)/t12-,13-,14?;/m1./s1. The van der Waals surface area contributed by atoms with E-state index in [-0.39, 0.29) is 29.7 Å². The number of nitrogens with two attached hydrogens (primary N) is 2. The number of rotatable bonds is 8. The summed E-state index contributed by atoms with van der Waals surface area (Å²) in [5, 5.41) is 16.8. The van der Waals surface area contributed by atoms with Crippen molar-refractivity contribution in [1.82, 2.24) is 10.2 Å². The Morgan fingerprint density at radius 3 is 2.07 bits per heavy atom. The second-order valence-electron chi connectivity index (χ2n) is 6.50. The van der Waals surface area contributed by atoms with Crippen molar-refractivity contribution >= 4 is 23.9 Å². The minimum atomic E-state index is -1.83. The van der Waals surface area contributed by atoms with E-state index in [1.54, 1.807) is 0 Å². The number of carbonyl (C=O) groups is 3. The van der Waals surface area contributed by atoms with Crippen molar-refractivity contribution in [3.8, 4) is 0 Å². The molecule has 27 heavy (non-hydrogen) atoms. The minimum absolute atomic E-state index is 0.0217. The second kappa shape index (κ2) is 12.8. The molecule has 1 rings (SSSR count). The van der Waals surface area contributed by atoms with Crippen LogP contribution in [0.3, 0.4) is 0 Å². The van der Waals surface area contributed by atoms with Gasteiger partial charge in [-0.1, -0.05) is 20.3 Å². The van der Waals surface area contributed by atoms with Gasteiger partial charge in [0.1, 0.15) is 6.04 Å². The Balaban J connectivity index is 0.00000153. The molecule has 0 aliphatic heterocycles. The molecule has 0 heterocycles. The van der Waals surface area contributed by atoms with Crippen LogP contribution in [-0.4, -0.2) is 64.2 Å². The summed E-state index contributed by atoms with van der Waals surface area (Å²) in [6.07, 6.45) is 2.58. The lowest BCUT2D eigenvalue weighted by molar-refractivity contribution is -0.137. The maximum absolute atomic E-state index is 13.0. The van der Waals surface area contributed by atoms with Crippen LogP contribution in [0.15, 0.2) is 4.99 Å². The summed E-state index contributed by atoms with van der Waals surface area (Å²) >= 11 is 0. The van der Waals surface area contributed by atoms with Crippen molar-refractivity contribution in [2.45, 2.75) is 65.0 Å². The Hall–Kier alpha value is -2.52. The van der Waals surface area contributed by atoms with Crippen molar-refractivity contribution in [1.29, 1.82) is 0 Å². The number of guanidine groups is 1. The molecule has 0 saturated heterocycles. The molecule has 2 amide bonds. The molecule has 156 valence electrons. The van der Waals surface area contributed by atoms with Gasteiger partial charge in [-0.3, -0.25) is 9.59 Å². The number of nitrogens with zero attached hydrogens (tertiary/aromatic N) is 2. The number of hydrogen-bond donors (Lipinski definition) is 5. The van der Waals surface area contributed by atoms with Crippen LogP contribution in [0.2, 0.25) is 0 Å². The van der Waals surface area contributed by atoms with Gasteiger partial charge in [-0.15, -0.1) is 0 Å². The molecule has 0 spiro atoms. The summed E-state index contributed by atoms with van der Waals surface area (Å²) in [6.45, 7) is 6.92. The maximum atomic E-state index is 13.0. The zero-order chi connectivity index (χ0) is 21.0. The van der Waals surface area contributed by atoms with Gasteiger partial charge in [-0.25, -0.2) is 9.79 Å². The fourth-order valence-corrected chi connectivity index (χ4v) is 3.35. The predicted molar refractivity (Wildman–Crippen MR) is 102 cm³/mol. The number of nitrogens with one attached hydrogen (secondary N) is 1. The lowest BCUT2D eigenvalue weighted by atomic mass is 9.93. The SMILES string of the molecule is CCCN(CCC)C(=O)C(NC(C)=O)[C@@H]1CCC[C@H]1N=C(N)N.O=C(O)O. The minimum Gasteiger partial charge on any atom is -0.450 e. The fraction of sp³-hybridized carbons (Fsp3) is 0.765. The Morgan fingerprint density at radius 2 is 1.67 bits per heavy atom. The summed E-state index contributed by atoms with van der Waals surface area (Å²) in [7, 11) is 0. The highest BCUT2D eigenvalue weighted by Crippen LogP contribution is 2.32. The van der Waals surface area contributed by atoms with E-state index in [0.29, 0.717) is 13.1 Å². The van der Waals surface area contributed by atoms with Crippen molar-refractivity contribution < 1.29 is 24.6 Å². The smallest absolute Gasteiger partial charge is 0.450 e. The summed E-state index contributed by atoms with van der Waals surface area (Å²) in [5.41, 5.74) is 11.0. The first-order chi connectivity index (χ1) is 12.6. The molecule has 10 heteroatoms. The Labute approximate surface area is 160 Å². The molecule has 1 saturated carbocycles. The van der Waals surface area contributed by atoms with Crippen LogP contribution in [0.5, 0.6) is 0 Å². The third-order valence-electron chi connectivity index (χ3n) is 4.20. The van der Waals surface area contributed by atoms with Gasteiger partial charge < -0.3 is 31.9 Å². The van der Waals surface area contributed by atoms with Crippen LogP contribution in [0.1, 0.15) is 52.9 Å². The van der Waals surface area contributed by atoms with Gasteiger partial charge in [0.05, 0.1) is 6.04 Å². The first-order valence-electron chi connectivity index (χ1n) is 9.20. The van der Waals surface area contributed by atoms with Crippen molar-refractivity contribution in [3.05, 3.63) is 0 Å². The zero-order valence-electron chi connectivity index (χ0n) is 16.4. The lowest BCUT2D eigenvalue weighted by Crippen LogP contribution is -2.53. The Kier molecular flexibility index (Phi) is 11.6. The summed E-state index contributed by atoms with van der Waals surface area (Å²) in [6, 6.07) is -0.660. The number of carboxylic acid groups (broad SMARTS) is 2. The third-order valence-corrected chi connectivity index (χ3v) is 4.20. The van der Waals surface area contributed by atoms with Crippen molar-refractivity contribution in [3.63, 3.8) is 0 Å². The topological polar surface area (TPSA) is 171 Å². The lowest BCUT2D eigenvalue weighted by Gasteiger charge is -2.32. The van der Waals surface area contributed by atoms with Crippen molar-refractivity contribution in [2.75, 3.05) is 13.1 Å². The third kappa shape index (κ3) is 9.66. The molecular weight excluding hydrogens is 354 g/mol. The molecule has 0 aromatic rings. The fourth-order valence-electron chi connectivity index (χ4n) is 3.35. The van der Waals surface area contributed by atoms with E-state index >= 15 is 0 Å². The average Bonchev–Trinajstić information content (AvgIpc) is 2.98. The van der Waals surface area contributed by atoms with Gasteiger partial charge >= 0.3 is 6.16 Å². The normalized spacial score (nSPS) is 19.2. The molecule has 1 fully saturated rings. The maximum Gasteiger partial charge on any atom is 0.503 e. The van der Waals surface area contributed by atoms with E-state index in [4.69, 9.17) is 26.5 Å². The monoisotopic (exact) mass is 387 g/mol. The van der Waals surface area contributed by atoms with Crippen LogP contribution in [0.4, 0.5) is 4.79 Å². The van der Waals surface area contributed by atoms with Gasteiger partial charge in [0, 0.05) is 25.9 Å². The van der Waals surface area contributed by atoms with Gasteiger partial charge in [0.2, 0.25) is 11.8 Å². The molecule has 7 N–H and O–H groups in total. The summed E-state index contributed by atoms with van der Waals surface area (Å²) in [5.74, 6) is -0.238. The molecule has 1 aliphatic carbocycles. The highest BCUT2D eigenvalue weighted by atomic mass is 16.6. The summed E-state index contributed by atoms with van der Waals surface area (Å²) in [4.78, 5) is 39.3. The molecule has 0 radical (unpaired) electrons. The molecule has 1 aliphatic rings. The van der Waals surface area contributed by atoms with Crippen molar-refractivity contribution in [2.24, 2.45) is 22.4 Å². The van der Waals surface area contributed by atoms with E-state index in [1.807, 2.05) is 18.7 Å². The summed E-state index contributed by atoms with van der Waals surface area (Å²) < 4.78 is 0. The second-order valence-corrected chi connectivity index (χ2v) is 6.50. The average molecular weight is 387 g/mol. The Bertz CT molecular complexity index is 512. The van der Waals surface area contributed by atoms with Crippen LogP contribution in [0.25, 0.3) is 0 Å². The van der Waals surface area contributed by atoms with Crippen LogP contribution < -0.4 is 16.8 Å². The highest BCUT2D eigenvalue weighted by molar-refractivity contribution is 5.87.